The largest absolute Gasteiger partial charge is 0.324 e. The highest BCUT2D eigenvalue weighted by molar-refractivity contribution is 7.17. The Kier molecular flexibility index (Phi) is 3.59. The fraction of sp³-hybridized carbons (Fsp3) is 0. The van der Waals surface area contributed by atoms with Crippen molar-refractivity contribution >= 4 is 39.5 Å². The van der Waals surface area contributed by atoms with Crippen molar-refractivity contribution in [3.05, 3.63) is 56.4 Å². The Balaban J connectivity index is 2.14. The number of nitro groups is 1. The van der Waals surface area contributed by atoms with Crippen LogP contribution in [-0.2, 0) is 0 Å². The molecule has 1 aromatic carbocycles. The Bertz CT molecular complexity index is 612. The van der Waals surface area contributed by atoms with Crippen molar-refractivity contribution in [1.29, 1.82) is 0 Å². The topological polar surface area (TPSA) is 72.2 Å². The van der Waals surface area contributed by atoms with E-state index < -0.39 is 10.8 Å². The number of amides is 1. The van der Waals surface area contributed by atoms with Crippen LogP contribution in [0, 0.1) is 10.1 Å². The van der Waals surface area contributed by atoms with Gasteiger partial charge < -0.3 is 5.32 Å². The van der Waals surface area contributed by atoms with E-state index in [-0.39, 0.29) is 9.88 Å². The number of benzene rings is 1. The van der Waals surface area contributed by atoms with E-state index in [0.717, 1.165) is 11.3 Å². The average molecular weight is 283 g/mol. The van der Waals surface area contributed by atoms with Gasteiger partial charge in [-0.25, -0.2) is 0 Å². The molecule has 0 atom stereocenters. The maximum absolute atomic E-state index is 11.8. The first kappa shape index (κ1) is 12.5. The summed E-state index contributed by atoms with van der Waals surface area (Å²) in [7, 11) is 0. The predicted octanol–water partition coefficient (Wildman–Crippen LogP) is 3.56. The highest BCUT2D eigenvalue weighted by Gasteiger charge is 2.15. The normalized spacial score (nSPS) is 10.1. The molecule has 0 unspecified atom stereocenters. The fourth-order valence-electron chi connectivity index (χ4n) is 1.31. The van der Waals surface area contributed by atoms with Crippen LogP contribution in [0.2, 0.25) is 5.02 Å². The number of carbonyl (C=O) groups is 1. The predicted molar refractivity (Wildman–Crippen MR) is 70.4 cm³/mol. The van der Waals surface area contributed by atoms with Gasteiger partial charge >= 0.3 is 5.00 Å². The highest BCUT2D eigenvalue weighted by atomic mass is 35.5. The lowest BCUT2D eigenvalue weighted by atomic mass is 10.3. The van der Waals surface area contributed by atoms with Crippen LogP contribution >= 0.6 is 22.9 Å². The zero-order valence-electron chi connectivity index (χ0n) is 8.92. The Labute approximate surface area is 111 Å². The van der Waals surface area contributed by atoms with E-state index in [0.29, 0.717) is 10.7 Å². The van der Waals surface area contributed by atoms with Crippen molar-refractivity contribution in [2.45, 2.75) is 0 Å². The summed E-state index contributed by atoms with van der Waals surface area (Å²) in [6, 6.07) is 9.40. The highest BCUT2D eigenvalue weighted by Crippen LogP contribution is 2.25. The van der Waals surface area contributed by atoms with Gasteiger partial charge in [-0.05, 0) is 24.3 Å². The van der Waals surface area contributed by atoms with Crippen LogP contribution in [0.1, 0.15) is 9.67 Å². The molecule has 1 heterocycles. The molecule has 2 rings (SSSR count). The third-order valence-electron chi connectivity index (χ3n) is 2.08. The number of anilines is 1. The number of carbonyl (C=O) groups excluding carboxylic acids is 1. The smallest absolute Gasteiger partial charge is 0.321 e. The summed E-state index contributed by atoms with van der Waals surface area (Å²) in [6.07, 6.45) is 0. The van der Waals surface area contributed by atoms with Gasteiger partial charge in [0.15, 0.2) is 0 Å². The Hall–Kier alpha value is -1.92. The number of rotatable bonds is 3. The Morgan fingerprint density at radius 1 is 1.33 bits per heavy atom. The minimum absolute atomic E-state index is 0.0637. The van der Waals surface area contributed by atoms with Crippen molar-refractivity contribution < 1.29 is 9.72 Å². The summed E-state index contributed by atoms with van der Waals surface area (Å²) < 4.78 is 0. The van der Waals surface area contributed by atoms with Gasteiger partial charge in [-0.3, -0.25) is 14.9 Å². The van der Waals surface area contributed by atoms with Gasteiger partial charge in [0.25, 0.3) is 5.91 Å². The van der Waals surface area contributed by atoms with Gasteiger partial charge in [0.2, 0.25) is 0 Å². The van der Waals surface area contributed by atoms with Crippen LogP contribution in [0.3, 0.4) is 0 Å². The monoisotopic (exact) mass is 282 g/mol. The molecule has 1 amide bonds. The second kappa shape index (κ2) is 5.16. The van der Waals surface area contributed by atoms with Crippen LogP contribution < -0.4 is 5.32 Å². The SMILES string of the molecule is O=C(Nc1cccc(Cl)c1)c1ccc([N+](=O)[O-])s1. The molecule has 1 N–H and O–H groups in total. The summed E-state index contributed by atoms with van der Waals surface area (Å²) in [5.41, 5.74) is 0.545. The molecule has 0 bridgehead atoms. The first-order valence-corrected chi connectivity index (χ1v) is 6.07. The number of halogens is 1. The van der Waals surface area contributed by atoms with Crippen LogP contribution in [0.25, 0.3) is 0 Å². The Morgan fingerprint density at radius 3 is 2.72 bits per heavy atom. The summed E-state index contributed by atoms with van der Waals surface area (Å²) in [4.78, 5) is 22.1. The van der Waals surface area contributed by atoms with Crippen molar-refractivity contribution in [1.82, 2.24) is 0 Å². The lowest BCUT2D eigenvalue weighted by molar-refractivity contribution is -0.380. The number of thiophene rings is 1. The molecule has 7 heteroatoms. The third kappa shape index (κ3) is 2.85. The molecule has 2 aromatic rings. The zero-order valence-corrected chi connectivity index (χ0v) is 10.5. The minimum atomic E-state index is -0.527. The average Bonchev–Trinajstić information content (AvgIpc) is 2.78. The van der Waals surface area contributed by atoms with Crippen molar-refractivity contribution in [2.24, 2.45) is 0 Å². The molecular formula is C11H7ClN2O3S. The molecule has 92 valence electrons. The second-order valence-corrected chi connectivity index (χ2v) is 4.86. The molecule has 0 spiro atoms. The summed E-state index contributed by atoms with van der Waals surface area (Å²) in [5.74, 6) is -0.393. The lowest BCUT2D eigenvalue weighted by Gasteiger charge is -2.02. The van der Waals surface area contributed by atoms with Gasteiger partial charge in [0, 0.05) is 16.8 Å². The standard InChI is InChI=1S/C11H7ClN2O3S/c12-7-2-1-3-8(6-7)13-11(15)9-4-5-10(18-9)14(16)17/h1-6H,(H,13,15). The maximum Gasteiger partial charge on any atom is 0.324 e. The van der Waals surface area contributed by atoms with E-state index in [1.165, 1.54) is 12.1 Å². The number of nitrogens with zero attached hydrogens (tertiary/aromatic N) is 1. The minimum Gasteiger partial charge on any atom is -0.321 e. The molecule has 0 saturated carbocycles. The molecule has 0 fully saturated rings. The number of nitrogens with one attached hydrogen (secondary N) is 1. The van der Waals surface area contributed by atoms with Crippen LogP contribution in [-0.4, -0.2) is 10.8 Å². The van der Waals surface area contributed by atoms with E-state index in [1.54, 1.807) is 24.3 Å². The maximum atomic E-state index is 11.8. The third-order valence-corrected chi connectivity index (χ3v) is 3.35. The molecule has 18 heavy (non-hydrogen) atoms. The number of hydrogen-bond acceptors (Lipinski definition) is 4. The van der Waals surface area contributed by atoms with E-state index in [9.17, 15) is 14.9 Å². The molecule has 0 aliphatic heterocycles. The van der Waals surface area contributed by atoms with Gasteiger partial charge in [-0.15, -0.1) is 0 Å². The molecule has 0 aliphatic rings. The second-order valence-electron chi connectivity index (χ2n) is 3.36. The van der Waals surface area contributed by atoms with Gasteiger partial charge in [-0.2, -0.15) is 0 Å². The van der Waals surface area contributed by atoms with E-state index in [4.69, 9.17) is 11.6 Å². The molecule has 5 nitrogen and oxygen atoms in total. The first-order valence-electron chi connectivity index (χ1n) is 4.87. The fourth-order valence-corrected chi connectivity index (χ4v) is 2.21. The zero-order chi connectivity index (χ0) is 13.1. The van der Waals surface area contributed by atoms with Gasteiger partial charge in [-0.1, -0.05) is 29.0 Å². The van der Waals surface area contributed by atoms with E-state index in [2.05, 4.69) is 5.32 Å². The van der Waals surface area contributed by atoms with Gasteiger partial charge in [0.05, 0.1) is 9.80 Å². The van der Waals surface area contributed by atoms with Crippen LogP contribution in [0.15, 0.2) is 36.4 Å². The summed E-state index contributed by atoms with van der Waals surface area (Å²) in [5, 5.41) is 13.6. The molecule has 0 radical (unpaired) electrons. The molecular weight excluding hydrogens is 276 g/mol. The lowest BCUT2D eigenvalue weighted by Crippen LogP contribution is -2.09. The van der Waals surface area contributed by atoms with E-state index in [1.807, 2.05) is 0 Å². The Morgan fingerprint density at radius 2 is 2.11 bits per heavy atom. The molecule has 1 aromatic heterocycles. The van der Waals surface area contributed by atoms with Crippen molar-refractivity contribution in [3.8, 4) is 0 Å². The van der Waals surface area contributed by atoms with Crippen molar-refractivity contribution in [3.63, 3.8) is 0 Å². The molecule has 0 aliphatic carbocycles. The molecule has 0 saturated heterocycles. The van der Waals surface area contributed by atoms with Crippen LogP contribution in [0.5, 0.6) is 0 Å². The number of hydrogen-bond donors (Lipinski definition) is 1. The van der Waals surface area contributed by atoms with Gasteiger partial charge in [0.1, 0.15) is 0 Å². The van der Waals surface area contributed by atoms with Crippen molar-refractivity contribution in [2.75, 3.05) is 5.32 Å². The first-order chi connectivity index (χ1) is 8.56. The summed E-state index contributed by atoms with van der Waals surface area (Å²) >= 11 is 6.61. The summed E-state index contributed by atoms with van der Waals surface area (Å²) in [6.45, 7) is 0. The van der Waals surface area contributed by atoms with Crippen LogP contribution in [0.4, 0.5) is 10.7 Å². The van der Waals surface area contributed by atoms with E-state index >= 15 is 0 Å². The quantitative estimate of drug-likeness (QED) is 0.691.